The summed E-state index contributed by atoms with van der Waals surface area (Å²) in [6.07, 6.45) is 2.09. The molecular formula is C22H18N2O3S. The topological polar surface area (TPSA) is 45.9 Å². The van der Waals surface area contributed by atoms with Gasteiger partial charge in [-0.25, -0.2) is 0 Å². The number of anilines is 1. The van der Waals surface area contributed by atoms with Crippen LogP contribution in [0.5, 0.6) is 5.75 Å². The van der Waals surface area contributed by atoms with Gasteiger partial charge in [-0.15, -0.1) is 0 Å². The van der Waals surface area contributed by atoms with Crippen LogP contribution in [0, 0.1) is 0 Å². The summed E-state index contributed by atoms with van der Waals surface area (Å²) in [7, 11) is 0. The van der Waals surface area contributed by atoms with E-state index in [0.717, 1.165) is 17.0 Å². The van der Waals surface area contributed by atoms with Crippen LogP contribution in [0.25, 0.3) is 0 Å². The van der Waals surface area contributed by atoms with Crippen LogP contribution in [-0.4, -0.2) is 21.6 Å². The van der Waals surface area contributed by atoms with Crippen molar-refractivity contribution in [2.24, 2.45) is 0 Å². The molecule has 0 aliphatic carbocycles. The molecule has 2 aromatic carbocycles. The van der Waals surface area contributed by atoms with Gasteiger partial charge < -0.3 is 9.15 Å². The lowest BCUT2D eigenvalue weighted by molar-refractivity contribution is 0.0174. The smallest absolute Gasteiger partial charge is 0.296 e. The predicted octanol–water partition coefficient (Wildman–Crippen LogP) is 4.77. The van der Waals surface area contributed by atoms with Gasteiger partial charge in [0.2, 0.25) is 0 Å². The standard InChI is InChI=1S/C22H18N2O3S/c1-22-14-17(16-10-5-6-11-18(16)27-22)23(20(25)19-12-7-13-26-19)21(28)24(22)15-8-3-2-4-9-15/h2-13,17H,14H2,1H3/t17-,22+/m0/s1. The van der Waals surface area contributed by atoms with E-state index in [4.69, 9.17) is 21.4 Å². The maximum Gasteiger partial charge on any atom is 0.296 e. The molecule has 2 aliphatic heterocycles. The van der Waals surface area contributed by atoms with E-state index >= 15 is 0 Å². The number of amides is 1. The highest BCUT2D eigenvalue weighted by Gasteiger charge is 2.53. The maximum absolute atomic E-state index is 13.3. The van der Waals surface area contributed by atoms with E-state index in [1.807, 2.05) is 66.4 Å². The minimum atomic E-state index is -0.697. The SMILES string of the molecule is C[C@]12C[C@@H](c3ccccc3O1)N(C(=O)c1ccco1)C(=S)N2c1ccccc1. The lowest BCUT2D eigenvalue weighted by atomic mass is 9.88. The van der Waals surface area contributed by atoms with Crippen molar-refractivity contribution in [3.8, 4) is 5.75 Å². The van der Waals surface area contributed by atoms with Gasteiger partial charge in [0.25, 0.3) is 5.91 Å². The highest BCUT2D eigenvalue weighted by atomic mass is 32.1. The number of fused-ring (bicyclic) bond motifs is 4. The lowest BCUT2D eigenvalue weighted by Crippen LogP contribution is -2.67. The Morgan fingerprint density at radius 3 is 2.57 bits per heavy atom. The number of furan rings is 1. The van der Waals surface area contributed by atoms with E-state index in [1.54, 1.807) is 17.0 Å². The normalized spacial score (nSPS) is 23.2. The van der Waals surface area contributed by atoms with Gasteiger partial charge >= 0.3 is 0 Å². The summed E-state index contributed by atoms with van der Waals surface area (Å²) in [5.74, 6) is 0.782. The summed E-state index contributed by atoms with van der Waals surface area (Å²) >= 11 is 5.85. The van der Waals surface area contributed by atoms with E-state index in [9.17, 15) is 4.79 Å². The van der Waals surface area contributed by atoms with Gasteiger partial charge in [-0.1, -0.05) is 36.4 Å². The molecule has 5 rings (SSSR count). The van der Waals surface area contributed by atoms with Crippen molar-refractivity contribution in [2.75, 3.05) is 4.90 Å². The van der Waals surface area contributed by atoms with Crippen molar-refractivity contribution < 1.29 is 13.9 Å². The fourth-order valence-corrected chi connectivity index (χ4v) is 4.62. The molecule has 140 valence electrons. The van der Waals surface area contributed by atoms with E-state index < -0.39 is 5.72 Å². The van der Waals surface area contributed by atoms with Gasteiger partial charge in [0.05, 0.1) is 12.3 Å². The summed E-state index contributed by atoms with van der Waals surface area (Å²) in [5, 5.41) is 0.404. The second-order valence-corrected chi connectivity index (χ2v) is 7.51. The Balaban J connectivity index is 1.69. The second-order valence-electron chi connectivity index (χ2n) is 7.14. The molecular weight excluding hydrogens is 372 g/mol. The number of hydrogen-bond donors (Lipinski definition) is 0. The first kappa shape index (κ1) is 17.0. The van der Waals surface area contributed by atoms with Crippen LogP contribution in [0.2, 0.25) is 0 Å². The van der Waals surface area contributed by atoms with Gasteiger partial charge in [-0.2, -0.15) is 0 Å². The van der Waals surface area contributed by atoms with Crippen LogP contribution in [0.15, 0.2) is 77.4 Å². The minimum absolute atomic E-state index is 0.222. The molecule has 2 atom stereocenters. The molecule has 0 radical (unpaired) electrons. The first-order valence-electron chi connectivity index (χ1n) is 9.13. The molecule has 1 saturated heterocycles. The number of carbonyl (C=O) groups excluding carboxylic acids is 1. The van der Waals surface area contributed by atoms with Crippen LogP contribution in [0.1, 0.15) is 35.5 Å². The van der Waals surface area contributed by atoms with E-state index in [1.165, 1.54) is 6.26 Å². The first-order valence-corrected chi connectivity index (χ1v) is 9.53. The third-order valence-corrected chi connectivity index (χ3v) is 5.71. The van der Waals surface area contributed by atoms with E-state index in [2.05, 4.69) is 0 Å². The molecule has 2 bridgehead atoms. The second kappa shape index (κ2) is 6.21. The number of hydrogen-bond acceptors (Lipinski definition) is 4. The number of benzene rings is 2. The van der Waals surface area contributed by atoms with E-state index in [0.29, 0.717) is 11.5 Å². The molecule has 2 aliphatic rings. The van der Waals surface area contributed by atoms with E-state index in [-0.39, 0.29) is 17.7 Å². The summed E-state index contributed by atoms with van der Waals surface area (Å²) in [4.78, 5) is 16.9. The molecule has 1 fully saturated rings. The van der Waals surface area contributed by atoms with Gasteiger partial charge in [-0.3, -0.25) is 14.6 Å². The van der Waals surface area contributed by atoms with Crippen LogP contribution in [-0.2, 0) is 0 Å². The highest BCUT2D eigenvalue weighted by Crippen LogP contribution is 2.49. The van der Waals surface area contributed by atoms with Gasteiger partial charge in [0.15, 0.2) is 16.6 Å². The van der Waals surface area contributed by atoms with Gasteiger partial charge in [-0.05, 0) is 49.5 Å². The van der Waals surface area contributed by atoms with Crippen molar-refractivity contribution in [2.45, 2.75) is 25.1 Å². The van der Waals surface area contributed by atoms with Gasteiger partial charge in [0, 0.05) is 17.7 Å². The van der Waals surface area contributed by atoms with Crippen LogP contribution >= 0.6 is 12.2 Å². The van der Waals surface area contributed by atoms with Crippen molar-refractivity contribution in [1.29, 1.82) is 0 Å². The number of nitrogens with zero attached hydrogens (tertiary/aromatic N) is 2. The Hall–Kier alpha value is -3.12. The maximum atomic E-state index is 13.3. The zero-order valence-electron chi connectivity index (χ0n) is 15.2. The predicted molar refractivity (Wildman–Crippen MR) is 109 cm³/mol. The fourth-order valence-electron chi connectivity index (χ4n) is 4.11. The summed E-state index contributed by atoms with van der Waals surface area (Å²) in [5.41, 5.74) is 1.14. The van der Waals surface area contributed by atoms with Crippen molar-refractivity contribution in [1.82, 2.24) is 4.90 Å². The Kier molecular flexibility index (Phi) is 3.77. The lowest BCUT2D eigenvalue weighted by Gasteiger charge is -2.55. The molecule has 0 unspecified atom stereocenters. The van der Waals surface area contributed by atoms with Crippen LogP contribution in [0.3, 0.4) is 0 Å². The third-order valence-electron chi connectivity index (χ3n) is 5.33. The number of rotatable bonds is 2. The van der Waals surface area contributed by atoms with Crippen molar-refractivity contribution >= 4 is 28.9 Å². The molecule has 5 nitrogen and oxygen atoms in total. The molecule has 0 N–H and O–H groups in total. The monoisotopic (exact) mass is 390 g/mol. The summed E-state index contributed by atoms with van der Waals surface area (Å²) in [6.45, 7) is 2.02. The number of para-hydroxylation sites is 2. The molecule has 3 heterocycles. The quantitative estimate of drug-likeness (QED) is 0.590. The van der Waals surface area contributed by atoms with Crippen molar-refractivity contribution in [3.05, 3.63) is 84.3 Å². The molecule has 0 spiro atoms. The molecule has 1 amide bonds. The van der Waals surface area contributed by atoms with Gasteiger partial charge in [0.1, 0.15) is 5.75 Å². The minimum Gasteiger partial charge on any atom is -0.467 e. The van der Waals surface area contributed by atoms with Crippen LogP contribution in [0.4, 0.5) is 5.69 Å². The number of ether oxygens (including phenoxy) is 1. The third kappa shape index (κ3) is 2.45. The number of carbonyl (C=O) groups is 1. The molecule has 28 heavy (non-hydrogen) atoms. The molecule has 1 aromatic heterocycles. The molecule has 0 saturated carbocycles. The number of thiocarbonyl (C=S) groups is 1. The Labute approximate surface area is 168 Å². The Morgan fingerprint density at radius 2 is 1.82 bits per heavy atom. The molecule has 6 heteroatoms. The Morgan fingerprint density at radius 1 is 1.07 bits per heavy atom. The first-order chi connectivity index (χ1) is 13.6. The average Bonchev–Trinajstić information content (AvgIpc) is 3.23. The highest BCUT2D eigenvalue weighted by molar-refractivity contribution is 7.80. The fraction of sp³-hybridized carbons (Fsp3) is 0.182. The summed E-state index contributed by atoms with van der Waals surface area (Å²) in [6, 6.07) is 20.7. The zero-order valence-corrected chi connectivity index (χ0v) is 16.1. The molecule has 3 aromatic rings. The average molecular weight is 390 g/mol. The summed E-state index contributed by atoms with van der Waals surface area (Å²) < 4.78 is 11.8. The van der Waals surface area contributed by atoms with Crippen molar-refractivity contribution in [3.63, 3.8) is 0 Å². The Bertz CT molecular complexity index is 1050. The largest absolute Gasteiger partial charge is 0.467 e. The zero-order chi connectivity index (χ0) is 19.3. The van der Waals surface area contributed by atoms with Crippen LogP contribution < -0.4 is 9.64 Å².